The Morgan fingerprint density at radius 1 is 0.311 bits per heavy atom. The van der Waals surface area contributed by atoms with E-state index in [2.05, 4.69) is 168 Å². The molecule has 0 unspecified atom stereocenters. The lowest BCUT2D eigenvalue weighted by atomic mass is 9.91. The van der Waals surface area contributed by atoms with E-state index in [0.717, 1.165) is 88.9 Å². The van der Waals surface area contributed by atoms with E-state index in [1.807, 2.05) is 60.7 Å². The van der Waals surface area contributed by atoms with E-state index in [4.69, 9.17) is 20.1 Å². The van der Waals surface area contributed by atoms with Crippen molar-refractivity contribution in [2.45, 2.75) is 0 Å². The van der Waals surface area contributed by atoms with Crippen molar-refractivity contribution in [3.8, 4) is 90.1 Å². The van der Waals surface area contributed by atoms with Crippen LogP contribution >= 0.6 is 0 Å². The molecule has 0 bridgehead atoms. The van der Waals surface area contributed by atoms with Crippen LogP contribution in [0.1, 0.15) is 0 Å². The summed E-state index contributed by atoms with van der Waals surface area (Å²) in [6.07, 6.45) is 0. The van der Waals surface area contributed by atoms with E-state index in [1.165, 1.54) is 0 Å². The maximum atomic E-state index is 5.47. The van der Waals surface area contributed by atoms with Crippen LogP contribution in [0, 0.1) is 0 Å². The van der Waals surface area contributed by atoms with Gasteiger partial charge in [0, 0.05) is 38.8 Å². The lowest BCUT2D eigenvalue weighted by Gasteiger charge is -2.15. The van der Waals surface area contributed by atoms with E-state index in [1.54, 1.807) is 0 Å². The second-order valence-electron chi connectivity index (χ2n) is 15.1. The van der Waals surface area contributed by atoms with Crippen molar-refractivity contribution in [3.63, 3.8) is 0 Å². The summed E-state index contributed by atoms with van der Waals surface area (Å²) < 4.78 is 2.17. The van der Waals surface area contributed by atoms with Gasteiger partial charge in [-0.2, -0.15) is 5.10 Å². The molecule has 3 heterocycles. The maximum Gasteiger partial charge on any atom is 0.164 e. The molecule has 61 heavy (non-hydrogen) atoms. The minimum absolute atomic E-state index is 0.632. The lowest BCUT2D eigenvalue weighted by Crippen LogP contribution is -2.00. The summed E-state index contributed by atoms with van der Waals surface area (Å²) in [5.41, 5.74) is 14.8. The highest BCUT2D eigenvalue weighted by Crippen LogP contribution is 2.44. The van der Waals surface area contributed by atoms with E-state index >= 15 is 0 Å². The van der Waals surface area contributed by atoms with Gasteiger partial charge in [-0.3, -0.25) is 0 Å². The van der Waals surface area contributed by atoms with Gasteiger partial charge in [0.2, 0.25) is 0 Å². The first kappa shape index (κ1) is 35.8. The topological polar surface area (TPSA) is 56.0 Å². The third-order valence-electron chi connectivity index (χ3n) is 11.3. The molecule has 0 aliphatic heterocycles. The molecule has 0 N–H and O–H groups in total. The minimum Gasteiger partial charge on any atom is -0.231 e. The SMILES string of the molecule is c1ccc(-c2nc(-c3ccccc3)nc(-c3ccc(-c4cccc(-c5cccc6cc(-c7ccccc7)n7nc(-c8ccccc8)c(-c8ccccc8)c7c56)c4)cc3)n2)cc1. The fourth-order valence-electron chi connectivity index (χ4n) is 8.33. The summed E-state index contributed by atoms with van der Waals surface area (Å²) in [4.78, 5) is 14.8. The van der Waals surface area contributed by atoms with Crippen molar-refractivity contribution < 1.29 is 0 Å². The highest BCUT2D eigenvalue weighted by Gasteiger charge is 2.23. The normalized spacial score (nSPS) is 11.3. The van der Waals surface area contributed by atoms with Gasteiger partial charge in [0.15, 0.2) is 17.5 Å². The smallest absolute Gasteiger partial charge is 0.164 e. The van der Waals surface area contributed by atoms with Gasteiger partial charge in [-0.05, 0) is 45.3 Å². The Balaban J connectivity index is 1.06. The molecule has 0 fully saturated rings. The van der Waals surface area contributed by atoms with Crippen LogP contribution < -0.4 is 0 Å². The zero-order chi connectivity index (χ0) is 40.5. The first-order chi connectivity index (χ1) is 30.2. The third kappa shape index (κ3) is 6.74. The third-order valence-corrected chi connectivity index (χ3v) is 11.3. The Hall–Kier alpha value is -8.28. The fraction of sp³-hybridized carbons (Fsp3) is 0. The lowest BCUT2D eigenvalue weighted by molar-refractivity contribution is 0.980. The van der Waals surface area contributed by atoms with Crippen molar-refractivity contribution in [1.29, 1.82) is 0 Å². The maximum absolute atomic E-state index is 5.47. The molecule has 3 aromatic heterocycles. The number of fused-ring (bicyclic) bond motifs is 3. The van der Waals surface area contributed by atoms with Crippen LogP contribution in [0.25, 0.3) is 106 Å². The van der Waals surface area contributed by atoms with Crippen LogP contribution in [-0.2, 0) is 0 Å². The van der Waals surface area contributed by atoms with Crippen LogP contribution in [0.4, 0.5) is 0 Å². The highest BCUT2D eigenvalue weighted by molar-refractivity contribution is 6.14. The van der Waals surface area contributed by atoms with Crippen LogP contribution in [0.3, 0.4) is 0 Å². The molecule has 5 heteroatoms. The standard InChI is InChI=1S/C56H37N5/c1-6-18-39(19-7-1)49-37-47-30-17-31-48(50(47)53-51(40-20-8-2-9-21-40)52(60-61(49)53)41-22-10-3-11-23-41)46-29-16-28-45(36-46)38-32-34-44(35-33-38)56-58-54(42-24-12-4-13-25-42)57-55(59-56)43-26-14-5-15-27-43/h1-37H. The summed E-state index contributed by atoms with van der Waals surface area (Å²) in [5.74, 6) is 1.92. The van der Waals surface area contributed by atoms with Crippen molar-refractivity contribution in [1.82, 2.24) is 24.6 Å². The summed E-state index contributed by atoms with van der Waals surface area (Å²) >= 11 is 0. The summed E-state index contributed by atoms with van der Waals surface area (Å²) in [5, 5.41) is 7.77. The van der Waals surface area contributed by atoms with Crippen LogP contribution in [-0.4, -0.2) is 24.6 Å². The van der Waals surface area contributed by atoms with Gasteiger partial charge in [-0.25, -0.2) is 19.5 Å². The number of hydrogen-bond acceptors (Lipinski definition) is 4. The number of hydrogen-bond donors (Lipinski definition) is 0. The number of nitrogens with zero attached hydrogens (tertiary/aromatic N) is 5. The summed E-state index contributed by atoms with van der Waals surface area (Å²) in [6, 6.07) is 78.2. The Morgan fingerprint density at radius 3 is 1.33 bits per heavy atom. The first-order valence-corrected chi connectivity index (χ1v) is 20.5. The molecule has 0 atom stereocenters. The van der Waals surface area contributed by atoms with Crippen LogP contribution in [0.15, 0.2) is 224 Å². The summed E-state index contributed by atoms with van der Waals surface area (Å²) in [6.45, 7) is 0. The van der Waals surface area contributed by atoms with Gasteiger partial charge in [0.05, 0.1) is 11.2 Å². The van der Waals surface area contributed by atoms with Crippen molar-refractivity contribution in [2.24, 2.45) is 0 Å². The zero-order valence-corrected chi connectivity index (χ0v) is 33.1. The molecule has 0 saturated heterocycles. The number of benzene rings is 8. The Bertz CT molecular complexity index is 3250. The van der Waals surface area contributed by atoms with Crippen molar-refractivity contribution >= 4 is 16.3 Å². The number of aromatic nitrogens is 5. The minimum atomic E-state index is 0.632. The molecule has 8 aromatic carbocycles. The Morgan fingerprint density at radius 2 is 0.754 bits per heavy atom. The first-order valence-electron chi connectivity index (χ1n) is 20.5. The number of pyridine rings is 1. The monoisotopic (exact) mass is 779 g/mol. The molecular weight excluding hydrogens is 743 g/mol. The Kier molecular flexibility index (Phi) is 9.10. The van der Waals surface area contributed by atoms with Gasteiger partial charge >= 0.3 is 0 Å². The molecule has 5 nitrogen and oxygen atoms in total. The van der Waals surface area contributed by atoms with Gasteiger partial charge in [0.25, 0.3) is 0 Å². The van der Waals surface area contributed by atoms with E-state index < -0.39 is 0 Å². The molecule has 0 saturated carbocycles. The van der Waals surface area contributed by atoms with Crippen molar-refractivity contribution in [2.75, 3.05) is 0 Å². The highest BCUT2D eigenvalue weighted by atomic mass is 15.2. The second-order valence-corrected chi connectivity index (χ2v) is 15.1. The molecule has 0 radical (unpaired) electrons. The fourth-order valence-corrected chi connectivity index (χ4v) is 8.33. The van der Waals surface area contributed by atoms with Gasteiger partial charge in [-0.1, -0.05) is 212 Å². The number of rotatable bonds is 8. The predicted molar refractivity (Wildman–Crippen MR) is 250 cm³/mol. The Labute approximate surface area is 354 Å². The molecule has 0 spiro atoms. The quantitative estimate of drug-likeness (QED) is 0.154. The van der Waals surface area contributed by atoms with E-state index in [0.29, 0.717) is 17.5 Å². The van der Waals surface area contributed by atoms with Crippen molar-refractivity contribution in [3.05, 3.63) is 224 Å². The van der Waals surface area contributed by atoms with Gasteiger partial charge in [-0.15, -0.1) is 0 Å². The molecule has 0 aliphatic carbocycles. The van der Waals surface area contributed by atoms with Gasteiger partial charge < -0.3 is 0 Å². The predicted octanol–water partition coefficient (Wildman–Crippen LogP) is 14.0. The average Bonchev–Trinajstić information content (AvgIpc) is 3.76. The van der Waals surface area contributed by atoms with Crippen LogP contribution in [0.2, 0.25) is 0 Å². The molecular formula is C56H37N5. The molecule has 0 aliphatic rings. The molecule has 11 rings (SSSR count). The summed E-state index contributed by atoms with van der Waals surface area (Å²) in [7, 11) is 0. The van der Waals surface area contributed by atoms with Crippen LogP contribution in [0.5, 0.6) is 0 Å². The molecule has 0 amide bonds. The second kappa shape index (κ2) is 15.5. The van der Waals surface area contributed by atoms with E-state index in [-0.39, 0.29) is 0 Å². The average molecular weight is 780 g/mol. The zero-order valence-electron chi connectivity index (χ0n) is 33.1. The van der Waals surface area contributed by atoms with E-state index in [9.17, 15) is 0 Å². The largest absolute Gasteiger partial charge is 0.231 e. The molecule has 11 aromatic rings. The molecule has 286 valence electrons. The van der Waals surface area contributed by atoms with Gasteiger partial charge in [0.1, 0.15) is 5.69 Å².